The zero-order valence-electron chi connectivity index (χ0n) is 9.58. The van der Waals surface area contributed by atoms with Crippen molar-refractivity contribution >= 4 is 28.3 Å². The van der Waals surface area contributed by atoms with Gasteiger partial charge in [0.05, 0.1) is 0 Å². The van der Waals surface area contributed by atoms with Gasteiger partial charge in [0.2, 0.25) is 0 Å². The summed E-state index contributed by atoms with van der Waals surface area (Å²) >= 11 is 3.57. The summed E-state index contributed by atoms with van der Waals surface area (Å²) in [5.74, 6) is 0.694. The average molecular weight is 305 g/mol. The highest BCUT2D eigenvalue weighted by Gasteiger charge is 2.23. The van der Waals surface area contributed by atoms with Crippen LogP contribution in [0.4, 0.5) is 0 Å². The Hall–Kier alpha value is -0.0500. The number of halogens is 2. The molecule has 1 nitrogen and oxygen atoms in total. The molecule has 2 rings (SSSR count). The number of benzene rings is 1. The van der Waals surface area contributed by atoms with Crippen molar-refractivity contribution < 1.29 is 0 Å². The molecule has 16 heavy (non-hydrogen) atoms. The summed E-state index contributed by atoms with van der Waals surface area (Å²) in [7, 11) is 0. The standard InChI is InChI=1S/C13H18BrN.ClH/c1-9-6-7-11(8-12(9)14)13(15)10-4-2-3-5-10;/h6-8,10,13H,2-5,15H2,1H3;1H/t13-;/m1./s1. The largest absolute Gasteiger partial charge is 0.324 e. The van der Waals surface area contributed by atoms with Gasteiger partial charge in [0.1, 0.15) is 0 Å². The van der Waals surface area contributed by atoms with E-state index in [4.69, 9.17) is 5.73 Å². The van der Waals surface area contributed by atoms with Gasteiger partial charge in [-0.05, 0) is 42.9 Å². The van der Waals surface area contributed by atoms with E-state index in [0.29, 0.717) is 5.92 Å². The fraction of sp³-hybridized carbons (Fsp3) is 0.538. The minimum atomic E-state index is 0. The van der Waals surface area contributed by atoms with Crippen LogP contribution in [-0.2, 0) is 0 Å². The number of nitrogens with two attached hydrogens (primary N) is 1. The van der Waals surface area contributed by atoms with Crippen LogP contribution in [0.15, 0.2) is 22.7 Å². The molecule has 0 bridgehead atoms. The van der Waals surface area contributed by atoms with Crippen molar-refractivity contribution in [1.29, 1.82) is 0 Å². The molecule has 0 aliphatic heterocycles. The highest BCUT2D eigenvalue weighted by molar-refractivity contribution is 9.10. The molecule has 1 aliphatic rings. The first-order valence-corrected chi connectivity index (χ1v) is 6.49. The first kappa shape index (κ1) is 14.0. The Bertz CT molecular complexity index is 348. The van der Waals surface area contributed by atoms with Crippen molar-refractivity contribution in [2.24, 2.45) is 11.7 Å². The lowest BCUT2D eigenvalue weighted by Crippen LogP contribution is -2.19. The van der Waals surface area contributed by atoms with Crippen molar-refractivity contribution in [3.63, 3.8) is 0 Å². The number of rotatable bonds is 2. The molecule has 0 heterocycles. The SMILES string of the molecule is Cc1ccc([C@H](N)C2CCCC2)cc1Br.Cl. The maximum absolute atomic E-state index is 6.30. The lowest BCUT2D eigenvalue weighted by atomic mass is 9.92. The maximum Gasteiger partial charge on any atom is 0.0323 e. The predicted molar refractivity (Wildman–Crippen MR) is 75.0 cm³/mol. The minimum Gasteiger partial charge on any atom is -0.324 e. The van der Waals surface area contributed by atoms with Crippen LogP contribution < -0.4 is 5.73 Å². The van der Waals surface area contributed by atoms with E-state index in [1.54, 1.807) is 0 Å². The Morgan fingerprint density at radius 3 is 2.50 bits per heavy atom. The summed E-state index contributed by atoms with van der Waals surface area (Å²) in [4.78, 5) is 0. The van der Waals surface area contributed by atoms with E-state index in [1.165, 1.54) is 41.3 Å². The smallest absolute Gasteiger partial charge is 0.0323 e. The van der Waals surface area contributed by atoms with Crippen molar-refractivity contribution in [2.45, 2.75) is 38.6 Å². The van der Waals surface area contributed by atoms with Gasteiger partial charge in [0.15, 0.2) is 0 Å². The van der Waals surface area contributed by atoms with E-state index in [1.807, 2.05) is 0 Å². The third-order valence-corrected chi connectivity index (χ3v) is 4.34. The molecular weight excluding hydrogens is 286 g/mol. The van der Waals surface area contributed by atoms with Crippen LogP contribution in [0.25, 0.3) is 0 Å². The van der Waals surface area contributed by atoms with Gasteiger partial charge >= 0.3 is 0 Å². The van der Waals surface area contributed by atoms with Crippen LogP contribution in [0.2, 0.25) is 0 Å². The highest BCUT2D eigenvalue weighted by atomic mass is 79.9. The second kappa shape index (κ2) is 6.04. The summed E-state index contributed by atoms with van der Waals surface area (Å²) in [5, 5.41) is 0. The second-order valence-electron chi connectivity index (χ2n) is 4.58. The summed E-state index contributed by atoms with van der Waals surface area (Å²) < 4.78 is 1.17. The van der Waals surface area contributed by atoms with Gasteiger partial charge in [0, 0.05) is 10.5 Å². The molecule has 90 valence electrons. The molecule has 3 heteroatoms. The molecule has 1 aromatic rings. The van der Waals surface area contributed by atoms with Gasteiger partial charge in [-0.15, -0.1) is 12.4 Å². The molecule has 0 radical (unpaired) electrons. The monoisotopic (exact) mass is 303 g/mol. The summed E-state index contributed by atoms with van der Waals surface area (Å²) in [6, 6.07) is 6.72. The zero-order valence-corrected chi connectivity index (χ0v) is 12.0. The third kappa shape index (κ3) is 2.99. The first-order valence-electron chi connectivity index (χ1n) is 5.70. The average Bonchev–Trinajstić information content (AvgIpc) is 2.74. The van der Waals surface area contributed by atoms with Gasteiger partial charge in [-0.25, -0.2) is 0 Å². The van der Waals surface area contributed by atoms with Gasteiger partial charge in [-0.1, -0.05) is 40.9 Å². The van der Waals surface area contributed by atoms with E-state index in [-0.39, 0.29) is 18.4 Å². The molecule has 1 saturated carbocycles. The molecule has 2 N–H and O–H groups in total. The van der Waals surface area contributed by atoms with Crippen LogP contribution in [0.1, 0.15) is 42.9 Å². The topological polar surface area (TPSA) is 26.0 Å². The quantitative estimate of drug-likeness (QED) is 0.862. The molecule has 0 aromatic heterocycles. The van der Waals surface area contributed by atoms with Crippen molar-refractivity contribution in [2.75, 3.05) is 0 Å². The Morgan fingerprint density at radius 1 is 1.31 bits per heavy atom. The van der Waals surface area contributed by atoms with Crippen molar-refractivity contribution in [3.05, 3.63) is 33.8 Å². The molecule has 1 atom stereocenters. The Kier molecular flexibility index (Phi) is 5.29. The zero-order chi connectivity index (χ0) is 10.8. The molecular formula is C13H19BrClN. The number of aryl methyl sites for hydroxylation is 1. The third-order valence-electron chi connectivity index (χ3n) is 3.49. The van der Waals surface area contributed by atoms with Crippen molar-refractivity contribution in [3.8, 4) is 0 Å². The van der Waals surface area contributed by atoms with Gasteiger partial charge in [0.25, 0.3) is 0 Å². The molecule has 0 amide bonds. The number of hydrogen-bond acceptors (Lipinski definition) is 1. The van der Waals surface area contributed by atoms with E-state index in [9.17, 15) is 0 Å². The minimum absolute atomic E-state index is 0. The van der Waals surface area contributed by atoms with Gasteiger partial charge < -0.3 is 5.73 Å². The molecule has 1 fully saturated rings. The second-order valence-corrected chi connectivity index (χ2v) is 5.43. The summed E-state index contributed by atoms with van der Waals surface area (Å²) in [6.45, 7) is 2.11. The van der Waals surface area contributed by atoms with E-state index >= 15 is 0 Å². The van der Waals surface area contributed by atoms with E-state index < -0.39 is 0 Å². The first-order chi connectivity index (χ1) is 7.18. The summed E-state index contributed by atoms with van der Waals surface area (Å²) in [5.41, 5.74) is 8.85. The molecule has 1 aliphatic carbocycles. The van der Waals surface area contributed by atoms with Crippen LogP contribution in [0.3, 0.4) is 0 Å². The maximum atomic E-state index is 6.30. The Labute approximate surface area is 112 Å². The van der Waals surface area contributed by atoms with Crippen LogP contribution in [-0.4, -0.2) is 0 Å². The van der Waals surface area contributed by atoms with Gasteiger partial charge in [-0.3, -0.25) is 0 Å². The molecule has 1 aromatic carbocycles. The molecule has 0 saturated heterocycles. The Morgan fingerprint density at radius 2 is 1.94 bits per heavy atom. The summed E-state index contributed by atoms with van der Waals surface area (Å²) in [6.07, 6.45) is 5.30. The van der Waals surface area contributed by atoms with E-state index in [2.05, 4.69) is 41.1 Å². The highest BCUT2D eigenvalue weighted by Crippen LogP contribution is 2.35. The molecule has 0 unspecified atom stereocenters. The van der Waals surface area contributed by atoms with Crippen LogP contribution in [0.5, 0.6) is 0 Å². The fourth-order valence-electron chi connectivity index (χ4n) is 2.41. The normalized spacial score (nSPS) is 18.2. The fourth-order valence-corrected chi connectivity index (χ4v) is 2.80. The number of hydrogen-bond donors (Lipinski definition) is 1. The molecule has 0 spiro atoms. The van der Waals surface area contributed by atoms with E-state index in [0.717, 1.165) is 0 Å². The van der Waals surface area contributed by atoms with Gasteiger partial charge in [-0.2, -0.15) is 0 Å². The lowest BCUT2D eigenvalue weighted by molar-refractivity contribution is 0.445. The lowest BCUT2D eigenvalue weighted by Gasteiger charge is -2.19. The Balaban J connectivity index is 0.00000128. The van der Waals surface area contributed by atoms with Crippen molar-refractivity contribution in [1.82, 2.24) is 0 Å². The predicted octanol–water partition coefficient (Wildman–Crippen LogP) is 4.37. The van der Waals surface area contributed by atoms with Crippen LogP contribution in [0, 0.1) is 12.8 Å². The van der Waals surface area contributed by atoms with Crippen LogP contribution >= 0.6 is 28.3 Å².